The third kappa shape index (κ3) is 1.05. The number of halogens is 1. The van der Waals surface area contributed by atoms with Crippen molar-refractivity contribution in [2.75, 3.05) is 0 Å². The second-order valence-electron chi connectivity index (χ2n) is 3.00. The van der Waals surface area contributed by atoms with Crippen LogP contribution in [0.5, 0.6) is 0 Å². The topological polar surface area (TPSA) is 0 Å². The first-order chi connectivity index (χ1) is 5.70. The van der Waals surface area contributed by atoms with E-state index in [-0.39, 0.29) is 0 Å². The molecule has 0 radical (unpaired) electrons. The fraction of sp³-hybridized carbons (Fsp3) is 0.200. The SMILES string of the molecule is Cc1cc(Cl)c(C)c2cscc12. The van der Waals surface area contributed by atoms with Crippen LogP contribution in [-0.4, -0.2) is 0 Å². The molecule has 0 bridgehead atoms. The maximum absolute atomic E-state index is 6.05. The van der Waals surface area contributed by atoms with Crippen molar-refractivity contribution in [3.63, 3.8) is 0 Å². The molecule has 1 aromatic heterocycles. The molecule has 0 N–H and O–H groups in total. The summed E-state index contributed by atoms with van der Waals surface area (Å²) < 4.78 is 0. The van der Waals surface area contributed by atoms with Crippen LogP contribution >= 0.6 is 22.9 Å². The summed E-state index contributed by atoms with van der Waals surface area (Å²) >= 11 is 7.79. The third-order valence-electron chi connectivity index (χ3n) is 2.19. The van der Waals surface area contributed by atoms with Crippen molar-refractivity contribution >= 4 is 33.7 Å². The molecule has 0 aliphatic rings. The van der Waals surface area contributed by atoms with Crippen LogP contribution in [0.1, 0.15) is 11.1 Å². The molecule has 0 saturated heterocycles. The first-order valence-electron chi connectivity index (χ1n) is 3.82. The smallest absolute Gasteiger partial charge is 0.0444 e. The fourth-order valence-electron chi connectivity index (χ4n) is 1.40. The molecular formula is C10H9ClS. The zero-order valence-electron chi connectivity index (χ0n) is 7.02. The number of aryl methyl sites for hydroxylation is 2. The largest absolute Gasteiger partial charge is 0.151 e. The zero-order valence-corrected chi connectivity index (χ0v) is 8.59. The van der Waals surface area contributed by atoms with Gasteiger partial charge in [0.05, 0.1) is 0 Å². The van der Waals surface area contributed by atoms with Crippen LogP contribution in [0.3, 0.4) is 0 Å². The monoisotopic (exact) mass is 196 g/mol. The maximum atomic E-state index is 6.05. The number of hydrogen-bond acceptors (Lipinski definition) is 1. The van der Waals surface area contributed by atoms with E-state index in [1.165, 1.54) is 21.9 Å². The van der Waals surface area contributed by atoms with Crippen molar-refractivity contribution in [3.8, 4) is 0 Å². The highest BCUT2D eigenvalue weighted by atomic mass is 35.5. The summed E-state index contributed by atoms with van der Waals surface area (Å²) in [6.07, 6.45) is 0. The minimum Gasteiger partial charge on any atom is -0.151 e. The van der Waals surface area contributed by atoms with Crippen LogP contribution in [0, 0.1) is 13.8 Å². The summed E-state index contributed by atoms with van der Waals surface area (Å²) in [6.45, 7) is 4.16. The molecule has 12 heavy (non-hydrogen) atoms. The molecule has 0 spiro atoms. The lowest BCUT2D eigenvalue weighted by molar-refractivity contribution is 1.47. The van der Waals surface area contributed by atoms with Gasteiger partial charge in [-0.2, -0.15) is 11.3 Å². The van der Waals surface area contributed by atoms with Crippen LogP contribution in [0.4, 0.5) is 0 Å². The Labute approximate surface area is 80.8 Å². The van der Waals surface area contributed by atoms with Crippen LogP contribution in [0.15, 0.2) is 16.8 Å². The lowest BCUT2D eigenvalue weighted by Gasteiger charge is -2.02. The number of benzene rings is 1. The Morgan fingerprint density at radius 3 is 2.58 bits per heavy atom. The van der Waals surface area contributed by atoms with Crippen molar-refractivity contribution in [1.29, 1.82) is 0 Å². The highest BCUT2D eigenvalue weighted by molar-refractivity contribution is 7.09. The van der Waals surface area contributed by atoms with E-state index >= 15 is 0 Å². The van der Waals surface area contributed by atoms with E-state index in [0.29, 0.717) is 0 Å². The maximum Gasteiger partial charge on any atom is 0.0444 e. The van der Waals surface area contributed by atoms with Crippen LogP contribution in [0.2, 0.25) is 5.02 Å². The lowest BCUT2D eigenvalue weighted by Crippen LogP contribution is -1.80. The Balaban J connectivity index is 2.97. The Kier molecular flexibility index (Phi) is 1.85. The Morgan fingerprint density at radius 1 is 1.17 bits per heavy atom. The summed E-state index contributed by atoms with van der Waals surface area (Å²) in [5, 5.41) is 7.84. The van der Waals surface area contributed by atoms with Gasteiger partial charge in [0.2, 0.25) is 0 Å². The second kappa shape index (κ2) is 2.75. The fourth-order valence-corrected chi connectivity index (χ4v) is 2.62. The van der Waals surface area contributed by atoms with E-state index in [0.717, 1.165) is 5.02 Å². The Morgan fingerprint density at radius 2 is 1.83 bits per heavy atom. The molecule has 62 valence electrons. The van der Waals surface area contributed by atoms with Crippen molar-refractivity contribution in [2.24, 2.45) is 0 Å². The van der Waals surface area contributed by atoms with E-state index in [1.54, 1.807) is 11.3 Å². The van der Waals surface area contributed by atoms with Gasteiger partial charge in [0.15, 0.2) is 0 Å². The van der Waals surface area contributed by atoms with Gasteiger partial charge in [-0.1, -0.05) is 11.6 Å². The summed E-state index contributed by atoms with van der Waals surface area (Å²) in [5.74, 6) is 0. The Bertz CT molecular complexity index is 429. The van der Waals surface area contributed by atoms with Crippen molar-refractivity contribution < 1.29 is 0 Å². The molecular weight excluding hydrogens is 188 g/mol. The van der Waals surface area contributed by atoms with Crippen LogP contribution in [-0.2, 0) is 0 Å². The molecule has 0 amide bonds. The van der Waals surface area contributed by atoms with Gasteiger partial charge < -0.3 is 0 Å². The summed E-state index contributed by atoms with van der Waals surface area (Å²) in [5.41, 5.74) is 2.46. The summed E-state index contributed by atoms with van der Waals surface area (Å²) in [7, 11) is 0. The molecule has 2 heteroatoms. The molecule has 0 aliphatic carbocycles. The molecule has 0 unspecified atom stereocenters. The first kappa shape index (κ1) is 8.09. The van der Waals surface area contributed by atoms with E-state index in [4.69, 9.17) is 11.6 Å². The number of rotatable bonds is 0. The summed E-state index contributed by atoms with van der Waals surface area (Å²) in [4.78, 5) is 0. The normalized spacial score (nSPS) is 10.9. The Hall–Kier alpha value is -0.530. The van der Waals surface area contributed by atoms with Gasteiger partial charge in [-0.05, 0) is 52.6 Å². The highest BCUT2D eigenvalue weighted by Crippen LogP contribution is 2.30. The van der Waals surface area contributed by atoms with Gasteiger partial charge in [-0.3, -0.25) is 0 Å². The van der Waals surface area contributed by atoms with Gasteiger partial charge >= 0.3 is 0 Å². The molecule has 0 nitrogen and oxygen atoms in total. The predicted octanol–water partition coefficient (Wildman–Crippen LogP) is 4.17. The molecule has 1 heterocycles. The number of thiophene rings is 1. The average molecular weight is 197 g/mol. The van der Waals surface area contributed by atoms with E-state index in [2.05, 4.69) is 24.6 Å². The third-order valence-corrected chi connectivity index (χ3v) is 3.33. The lowest BCUT2D eigenvalue weighted by atomic mass is 10.1. The molecule has 0 saturated carbocycles. The number of fused-ring (bicyclic) bond motifs is 1. The minimum absolute atomic E-state index is 0.874. The molecule has 0 fully saturated rings. The number of hydrogen-bond donors (Lipinski definition) is 0. The minimum atomic E-state index is 0.874. The first-order valence-corrected chi connectivity index (χ1v) is 5.14. The molecule has 1 aromatic carbocycles. The van der Waals surface area contributed by atoms with Crippen molar-refractivity contribution in [2.45, 2.75) is 13.8 Å². The van der Waals surface area contributed by atoms with Gasteiger partial charge in [0, 0.05) is 5.02 Å². The van der Waals surface area contributed by atoms with Gasteiger partial charge in [-0.25, -0.2) is 0 Å². The van der Waals surface area contributed by atoms with Crippen LogP contribution < -0.4 is 0 Å². The van der Waals surface area contributed by atoms with Crippen LogP contribution in [0.25, 0.3) is 10.8 Å². The van der Waals surface area contributed by atoms with E-state index in [9.17, 15) is 0 Å². The zero-order chi connectivity index (χ0) is 8.72. The van der Waals surface area contributed by atoms with Gasteiger partial charge in [0.25, 0.3) is 0 Å². The second-order valence-corrected chi connectivity index (χ2v) is 4.15. The molecule has 2 rings (SSSR count). The highest BCUT2D eigenvalue weighted by Gasteiger charge is 2.04. The average Bonchev–Trinajstić information content (AvgIpc) is 2.48. The van der Waals surface area contributed by atoms with Crippen molar-refractivity contribution in [1.82, 2.24) is 0 Å². The van der Waals surface area contributed by atoms with E-state index in [1.807, 2.05) is 6.07 Å². The van der Waals surface area contributed by atoms with Crippen molar-refractivity contribution in [3.05, 3.63) is 33.0 Å². The predicted molar refractivity (Wildman–Crippen MR) is 56.3 cm³/mol. The van der Waals surface area contributed by atoms with Gasteiger partial charge in [-0.15, -0.1) is 0 Å². The quantitative estimate of drug-likeness (QED) is 0.593. The summed E-state index contributed by atoms with van der Waals surface area (Å²) in [6, 6.07) is 2.03. The molecule has 2 aromatic rings. The van der Waals surface area contributed by atoms with Gasteiger partial charge in [0.1, 0.15) is 0 Å². The standard InChI is InChI=1S/C10H9ClS/c1-6-3-10(11)7(2)9-5-12-4-8(6)9/h3-5H,1-2H3. The molecule has 0 aliphatic heterocycles. The molecule has 0 atom stereocenters. The van der Waals surface area contributed by atoms with E-state index < -0.39 is 0 Å².